The Morgan fingerprint density at radius 3 is 2.57 bits per heavy atom. The number of ether oxygens (including phenoxy) is 2. The minimum atomic E-state index is -2.62. The van der Waals surface area contributed by atoms with Crippen LogP contribution in [-0.4, -0.2) is 51.7 Å². The molecule has 2 aromatic carbocycles. The number of hydrogen-bond acceptors (Lipinski definition) is 7. The van der Waals surface area contributed by atoms with Gasteiger partial charge in [0.1, 0.15) is 18.2 Å². The molecule has 228 valence electrons. The van der Waals surface area contributed by atoms with Gasteiger partial charge in [0, 0.05) is 17.0 Å². The van der Waals surface area contributed by atoms with E-state index in [1.807, 2.05) is 6.07 Å². The molecule has 0 unspecified atom stereocenters. The number of halogens is 4. The number of aryl methyl sites for hydroxylation is 1. The van der Waals surface area contributed by atoms with E-state index in [1.54, 1.807) is 19.1 Å². The van der Waals surface area contributed by atoms with Crippen molar-refractivity contribution in [2.24, 2.45) is 0 Å². The number of H-pyrrole nitrogens is 1. The van der Waals surface area contributed by atoms with Crippen LogP contribution in [-0.2, 0) is 0 Å². The molecule has 0 atom stereocenters. The molecule has 0 radical (unpaired) electrons. The van der Waals surface area contributed by atoms with E-state index in [0.717, 1.165) is 43.6 Å². The number of aromatic amines is 1. The third kappa shape index (κ3) is 5.70. The standard InChI is InChI=1S/C31H28F4N6O3/c1-16-9-28(44-30-21(32)3-2-4-22(30)33)38-14-25(16)41-31(36)20(13-39-41)29(42)24-10-18-11-26(43-15-27(34)35)19(12-23(18)40-24)17-5-7-37-8-6-17/h2-4,9-14,17,27,37,40H,5-8,15,36H2,1H3. The number of nitrogen functional groups attached to an aromatic ring is 1. The van der Waals surface area contributed by atoms with Crippen LogP contribution in [0.2, 0.25) is 0 Å². The molecule has 0 saturated carbocycles. The highest BCUT2D eigenvalue weighted by atomic mass is 19.3. The van der Waals surface area contributed by atoms with Crippen molar-refractivity contribution in [2.45, 2.75) is 32.1 Å². The lowest BCUT2D eigenvalue weighted by molar-refractivity contribution is 0.0812. The van der Waals surface area contributed by atoms with Gasteiger partial charge >= 0.3 is 0 Å². The third-order valence-corrected chi connectivity index (χ3v) is 7.60. The molecule has 9 nitrogen and oxygen atoms in total. The maximum atomic E-state index is 14.0. The van der Waals surface area contributed by atoms with Crippen LogP contribution in [0.25, 0.3) is 16.6 Å². The number of alkyl halides is 2. The van der Waals surface area contributed by atoms with Gasteiger partial charge in [-0.3, -0.25) is 4.79 Å². The number of piperidine rings is 1. The van der Waals surface area contributed by atoms with Crippen LogP contribution in [0.1, 0.15) is 45.9 Å². The first-order chi connectivity index (χ1) is 21.2. The average Bonchev–Trinajstić information content (AvgIpc) is 3.60. The van der Waals surface area contributed by atoms with E-state index in [9.17, 15) is 22.4 Å². The molecule has 1 aliphatic rings. The summed E-state index contributed by atoms with van der Waals surface area (Å²) in [5.41, 5.74) is 9.19. The second kappa shape index (κ2) is 12.0. The van der Waals surface area contributed by atoms with Gasteiger partial charge in [0.05, 0.1) is 29.3 Å². The van der Waals surface area contributed by atoms with Crippen LogP contribution in [0.5, 0.6) is 17.4 Å². The molecule has 0 amide bonds. The summed E-state index contributed by atoms with van der Waals surface area (Å²) in [6, 6.07) is 10.0. The number of nitrogens with one attached hydrogen (secondary N) is 2. The highest BCUT2D eigenvalue weighted by Crippen LogP contribution is 2.37. The van der Waals surface area contributed by atoms with Gasteiger partial charge in [-0.25, -0.2) is 27.2 Å². The maximum Gasteiger partial charge on any atom is 0.272 e. The monoisotopic (exact) mass is 608 g/mol. The number of hydrogen-bond donors (Lipinski definition) is 3. The van der Waals surface area contributed by atoms with Gasteiger partial charge in [-0.1, -0.05) is 6.07 Å². The Balaban J connectivity index is 1.28. The van der Waals surface area contributed by atoms with Gasteiger partial charge in [0.25, 0.3) is 6.43 Å². The van der Waals surface area contributed by atoms with Crippen molar-refractivity contribution in [3.05, 3.63) is 88.9 Å². The number of pyridine rings is 1. The predicted molar refractivity (Wildman–Crippen MR) is 155 cm³/mol. The Bertz CT molecular complexity index is 1830. The highest BCUT2D eigenvalue weighted by molar-refractivity contribution is 6.12. The molecule has 0 bridgehead atoms. The quantitative estimate of drug-likeness (QED) is 0.138. The molecular weight excluding hydrogens is 580 g/mol. The largest absolute Gasteiger partial charge is 0.487 e. The van der Waals surface area contributed by atoms with Crippen molar-refractivity contribution >= 4 is 22.5 Å². The van der Waals surface area contributed by atoms with Crippen LogP contribution in [0, 0.1) is 18.6 Å². The summed E-state index contributed by atoms with van der Waals surface area (Å²) >= 11 is 0. The molecule has 1 saturated heterocycles. The number of fused-ring (bicyclic) bond motifs is 1. The summed E-state index contributed by atoms with van der Waals surface area (Å²) in [5.74, 6) is -2.24. The van der Waals surface area contributed by atoms with E-state index in [0.29, 0.717) is 27.9 Å². The van der Waals surface area contributed by atoms with E-state index in [-0.39, 0.29) is 28.9 Å². The first kappa shape index (κ1) is 29.2. The molecule has 4 N–H and O–H groups in total. The molecular formula is C31H28F4N6O3. The number of nitrogens with two attached hydrogens (primary N) is 1. The molecule has 0 spiro atoms. The van der Waals surface area contributed by atoms with E-state index >= 15 is 0 Å². The summed E-state index contributed by atoms with van der Waals surface area (Å²) in [6.45, 7) is 2.60. The van der Waals surface area contributed by atoms with Gasteiger partial charge in [-0.15, -0.1) is 0 Å². The van der Waals surface area contributed by atoms with Crippen LogP contribution >= 0.6 is 0 Å². The highest BCUT2D eigenvalue weighted by Gasteiger charge is 2.24. The molecule has 44 heavy (non-hydrogen) atoms. The normalized spacial score (nSPS) is 14.0. The summed E-state index contributed by atoms with van der Waals surface area (Å²) in [7, 11) is 0. The van der Waals surface area contributed by atoms with Gasteiger partial charge in [-0.2, -0.15) is 5.10 Å². The zero-order valence-electron chi connectivity index (χ0n) is 23.5. The number of rotatable bonds is 9. The molecule has 1 aliphatic heterocycles. The van der Waals surface area contributed by atoms with Gasteiger partial charge < -0.3 is 25.5 Å². The Labute approximate surface area is 249 Å². The Morgan fingerprint density at radius 2 is 1.86 bits per heavy atom. The fraction of sp³-hybridized carbons (Fsp3) is 0.258. The fourth-order valence-electron chi connectivity index (χ4n) is 5.38. The second-order valence-electron chi connectivity index (χ2n) is 10.5. The van der Waals surface area contributed by atoms with E-state index < -0.39 is 36.2 Å². The van der Waals surface area contributed by atoms with E-state index in [2.05, 4.69) is 20.4 Å². The number of anilines is 1. The topological polar surface area (TPSA) is 120 Å². The van der Waals surface area contributed by atoms with Crippen molar-refractivity contribution in [3.63, 3.8) is 0 Å². The number of benzene rings is 2. The second-order valence-corrected chi connectivity index (χ2v) is 10.5. The summed E-state index contributed by atoms with van der Waals surface area (Å²) < 4.78 is 66.2. The van der Waals surface area contributed by atoms with Crippen molar-refractivity contribution < 1.29 is 31.8 Å². The van der Waals surface area contributed by atoms with Crippen LogP contribution in [0.15, 0.2) is 54.9 Å². The lowest BCUT2D eigenvalue weighted by atomic mass is 9.89. The SMILES string of the molecule is Cc1cc(Oc2c(F)cccc2F)ncc1-n1ncc(C(=O)c2cc3cc(OCC(F)F)c(C4CCNCC4)cc3[nH]2)c1N. The minimum absolute atomic E-state index is 0.0451. The number of carbonyl (C=O) groups excluding carboxylic acids is 1. The summed E-state index contributed by atoms with van der Waals surface area (Å²) in [6.07, 6.45) is 1.75. The zero-order valence-corrected chi connectivity index (χ0v) is 23.5. The lowest BCUT2D eigenvalue weighted by Gasteiger charge is -2.25. The number of carbonyl (C=O) groups is 1. The molecule has 1 fully saturated rings. The molecule has 0 aliphatic carbocycles. The first-order valence-electron chi connectivity index (χ1n) is 13.9. The first-order valence-corrected chi connectivity index (χ1v) is 13.9. The summed E-state index contributed by atoms with van der Waals surface area (Å²) in [5, 5.41) is 8.20. The number of aromatic nitrogens is 4. The maximum absolute atomic E-state index is 14.0. The minimum Gasteiger partial charge on any atom is -0.487 e. The summed E-state index contributed by atoms with van der Waals surface area (Å²) in [4.78, 5) is 20.8. The number of nitrogens with zero attached hydrogens (tertiary/aromatic N) is 3. The van der Waals surface area contributed by atoms with Crippen molar-refractivity contribution in [3.8, 4) is 23.1 Å². The molecule has 6 rings (SSSR count). The zero-order chi connectivity index (χ0) is 31.0. The van der Waals surface area contributed by atoms with E-state index in [4.69, 9.17) is 15.2 Å². The van der Waals surface area contributed by atoms with Crippen LogP contribution < -0.4 is 20.5 Å². The fourth-order valence-corrected chi connectivity index (χ4v) is 5.38. The Kier molecular flexibility index (Phi) is 7.95. The number of ketones is 1. The van der Waals surface area contributed by atoms with Crippen molar-refractivity contribution in [2.75, 3.05) is 25.4 Å². The van der Waals surface area contributed by atoms with Gasteiger partial charge in [-0.05, 0) is 80.2 Å². The lowest BCUT2D eigenvalue weighted by Crippen LogP contribution is -2.27. The number of para-hydroxylation sites is 1. The molecule has 4 heterocycles. The van der Waals surface area contributed by atoms with Crippen molar-refractivity contribution in [1.29, 1.82) is 0 Å². The van der Waals surface area contributed by atoms with E-state index in [1.165, 1.54) is 29.2 Å². The third-order valence-electron chi connectivity index (χ3n) is 7.60. The molecule has 13 heteroatoms. The van der Waals surface area contributed by atoms with Crippen LogP contribution in [0.3, 0.4) is 0 Å². The van der Waals surface area contributed by atoms with Crippen molar-refractivity contribution in [1.82, 2.24) is 25.1 Å². The molecule has 5 aromatic rings. The molecule has 3 aromatic heterocycles. The van der Waals surface area contributed by atoms with Crippen LogP contribution in [0.4, 0.5) is 23.4 Å². The van der Waals surface area contributed by atoms with Gasteiger partial charge in [0.2, 0.25) is 17.4 Å². The van der Waals surface area contributed by atoms with Gasteiger partial charge in [0.15, 0.2) is 11.6 Å². The Morgan fingerprint density at radius 1 is 1.11 bits per heavy atom. The smallest absolute Gasteiger partial charge is 0.272 e. The average molecular weight is 609 g/mol. The Hall–Kier alpha value is -4.91. The predicted octanol–water partition coefficient (Wildman–Crippen LogP) is 6.05.